The van der Waals surface area contributed by atoms with Gasteiger partial charge in [-0.2, -0.15) is 5.10 Å². The van der Waals surface area contributed by atoms with E-state index in [1.165, 1.54) is 5.56 Å². The third-order valence-corrected chi connectivity index (χ3v) is 5.37. The van der Waals surface area contributed by atoms with Crippen LogP contribution in [0.25, 0.3) is 0 Å². The number of hydrogen-bond acceptors (Lipinski definition) is 5. The molecule has 0 saturated carbocycles. The van der Waals surface area contributed by atoms with E-state index < -0.39 is 0 Å². The fourth-order valence-electron chi connectivity index (χ4n) is 3.73. The number of ether oxygens (including phenoxy) is 2. The largest absolute Gasteiger partial charge is 0.497 e. The van der Waals surface area contributed by atoms with Crippen LogP contribution in [0.5, 0.6) is 11.5 Å². The van der Waals surface area contributed by atoms with E-state index in [1.54, 1.807) is 14.2 Å². The third-order valence-electron chi connectivity index (χ3n) is 5.37. The lowest BCUT2D eigenvalue weighted by atomic mass is 10.1. The normalized spacial score (nSPS) is 14.8. The summed E-state index contributed by atoms with van der Waals surface area (Å²) in [5.74, 6) is 2.74. The zero-order valence-electron chi connectivity index (χ0n) is 19.0. The minimum atomic E-state index is 0. The van der Waals surface area contributed by atoms with Gasteiger partial charge in [-0.05, 0) is 37.1 Å². The summed E-state index contributed by atoms with van der Waals surface area (Å²) in [5, 5.41) is 7.83. The number of aryl methyl sites for hydroxylation is 2. The maximum atomic E-state index is 5.52. The van der Waals surface area contributed by atoms with Crippen molar-refractivity contribution in [1.29, 1.82) is 0 Å². The molecular weight excluding hydrogens is 507 g/mol. The Bertz CT molecular complexity index is 833. The molecule has 1 N–H and O–H groups in total. The molecule has 0 atom stereocenters. The van der Waals surface area contributed by atoms with Crippen LogP contribution in [-0.4, -0.2) is 79.5 Å². The van der Waals surface area contributed by atoms with Crippen molar-refractivity contribution in [2.24, 2.45) is 4.99 Å². The van der Waals surface area contributed by atoms with Crippen LogP contribution in [0.3, 0.4) is 0 Å². The first-order valence-electron chi connectivity index (χ1n) is 10.5. The number of guanidine groups is 1. The Morgan fingerprint density at radius 1 is 1.16 bits per heavy atom. The van der Waals surface area contributed by atoms with Crippen molar-refractivity contribution in [3.05, 3.63) is 41.7 Å². The van der Waals surface area contributed by atoms with Gasteiger partial charge in [-0.15, -0.1) is 24.0 Å². The number of rotatable bonds is 8. The van der Waals surface area contributed by atoms with Gasteiger partial charge < -0.3 is 19.7 Å². The quantitative estimate of drug-likeness (QED) is 0.240. The second-order valence-corrected chi connectivity index (χ2v) is 7.55. The Morgan fingerprint density at radius 2 is 1.94 bits per heavy atom. The van der Waals surface area contributed by atoms with Gasteiger partial charge in [0.15, 0.2) is 5.96 Å². The molecular formula is C22H35IN6O2. The molecule has 1 aliphatic rings. The number of piperazine rings is 1. The van der Waals surface area contributed by atoms with E-state index in [0.717, 1.165) is 75.3 Å². The fraction of sp³-hybridized carbons (Fsp3) is 0.545. The molecule has 3 rings (SSSR count). The van der Waals surface area contributed by atoms with Gasteiger partial charge in [0.05, 0.1) is 20.4 Å². The van der Waals surface area contributed by atoms with Gasteiger partial charge in [-0.25, -0.2) is 0 Å². The minimum Gasteiger partial charge on any atom is -0.497 e. The molecule has 1 fully saturated rings. The average Bonchev–Trinajstić information content (AvgIpc) is 3.19. The van der Waals surface area contributed by atoms with Crippen LogP contribution in [0.4, 0.5) is 0 Å². The number of nitrogens with zero attached hydrogens (tertiary/aromatic N) is 5. The Kier molecular flexibility index (Phi) is 10.4. The van der Waals surface area contributed by atoms with Crippen LogP contribution >= 0.6 is 24.0 Å². The summed E-state index contributed by atoms with van der Waals surface area (Å²) in [5.41, 5.74) is 2.35. The molecule has 0 radical (unpaired) electrons. The minimum absolute atomic E-state index is 0. The standard InChI is InChI=1S/C22H34N6O2.HI/c1-18-15-25-28(16-18)9-5-8-24-22(23-2)27-12-10-26(11-13-27)17-19-14-20(29-3)6-7-21(19)30-4;/h6-7,14-16H,5,8-13,17H2,1-4H3,(H,23,24);1H. The predicted octanol–water partition coefficient (Wildman–Crippen LogP) is 2.61. The molecule has 0 unspecified atom stereocenters. The topological polar surface area (TPSA) is 67.2 Å². The zero-order valence-corrected chi connectivity index (χ0v) is 21.3. The van der Waals surface area contributed by atoms with Crippen molar-refractivity contribution in [1.82, 2.24) is 24.9 Å². The number of hydrogen-bond donors (Lipinski definition) is 1. The lowest BCUT2D eigenvalue weighted by molar-refractivity contribution is 0.171. The van der Waals surface area contributed by atoms with Gasteiger partial charge >= 0.3 is 0 Å². The van der Waals surface area contributed by atoms with E-state index in [2.05, 4.69) is 44.4 Å². The predicted molar refractivity (Wildman–Crippen MR) is 135 cm³/mol. The van der Waals surface area contributed by atoms with E-state index in [1.807, 2.05) is 30.1 Å². The zero-order chi connectivity index (χ0) is 21.3. The molecule has 8 nitrogen and oxygen atoms in total. The second kappa shape index (κ2) is 12.7. The van der Waals surface area contributed by atoms with E-state index >= 15 is 0 Å². The van der Waals surface area contributed by atoms with Gasteiger partial charge in [0, 0.05) is 64.6 Å². The molecule has 2 aromatic rings. The fourth-order valence-corrected chi connectivity index (χ4v) is 3.73. The van der Waals surface area contributed by atoms with Gasteiger partial charge in [0.1, 0.15) is 11.5 Å². The van der Waals surface area contributed by atoms with E-state index in [4.69, 9.17) is 9.47 Å². The lowest BCUT2D eigenvalue weighted by Crippen LogP contribution is -2.52. The molecule has 1 aromatic heterocycles. The average molecular weight is 542 g/mol. The number of benzene rings is 1. The molecule has 172 valence electrons. The molecule has 0 aliphatic carbocycles. The van der Waals surface area contributed by atoms with Crippen molar-refractivity contribution in [3.8, 4) is 11.5 Å². The molecule has 0 spiro atoms. The highest BCUT2D eigenvalue weighted by Crippen LogP contribution is 2.25. The van der Waals surface area contributed by atoms with Crippen molar-refractivity contribution < 1.29 is 9.47 Å². The number of nitrogens with one attached hydrogen (secondary N) is 1. The Balaban J connectivity index is 0.00000341. The monoisotopic (exact) mass is 542 g/mol. The molecule has 0 bridgehead atoms. The number of methoxy groups -OCH3 is 2. The van der Waals surface area contributed by atoms with Crippen LogP contribution in [-0.2, 0) is 13.1 Å². The first-order valence-corrected chi connectivity index (χ1v) is 10.5. The van der Waals surface area contributed by atoms with Crippen molar-refractivity contribution >= 4 is 29.9 Å². The van der Waals surface area contributed by atoms with Crippen LogP contribution in [0.1, 0.15) is 17.5 Å². The van der Waals surface area contributed by atoms with E-state index in [-0.39, 0.29) is 24.0 Å². The molecule has 1 aliphatic heterocycles. The second-order valence-electron chi connectivity index (χ2n) is 7.55. The highest BCUT2D eigenvalue weighted by Gasteiger charge is 2.20. The van der Waals surface area contributed by atoms with Crippen LogP contribution in [0.15, 0.2) is 35.6 Å². The Hall–Kier alpha value is -2.01. The highest BCUT2D eigenvalue weighted by atomic mass is 127. The summed E-state index contributed by atoms with van der Waals surface area (Å²) in [6.45, 7) is 8.56. The molecule has 2 heterocycles. The molecule has 31 heavy (non-hydrogen) atoms. The SMILES string of the molecule is CN=C(NCCCn1cc(C)cn1)N1CCN(Cc2cc(OC)ccc2OC)CC1.I. The van der Waals surface area contributed by atoms with Gasteiger partial charge in [0.25, 0.3) is 0 Å². The van der Waals surface area contributed by atoms with Crippen molar-refractivity contribution in [2.75, 3.05) is 54.0 Å². The Labute approximate surface area is 202 Å². The number of aromatic nitrogens is 2. The molecule has 1 saturated heterocycles. The molecule has 0 amide bonds. The van der Waals surface area contributed by atoms with Gasteiger partial charge in [-0.1, -0.05) is 0 Å². The van der Waals surface area contributed by atoms with Crippen LogP contribution < -0.4 is 14.8 Å². The summed E-state index contributed by atoms with van der Waals surface area (Å²) in [6.07, 6.45) is 4.98. The van der Waals surface area contributed by atoms with Gasteiger partial charge in [-0.3, -0.25) is 14.6 Å². The summed E-state index contributed by atoms with van der Waals surface area (Å²) < 4.78 is 12.9. The maximum Gasteiger partial charge on any atom is 0.193 e. The maximum absolute atomic E-state index is 5.52. The lowest BCUT2D eigenvalue weighted by Gasteiger charge is -2.36. The van der Waals surface area contributed by atoms with Gasteiger partial charge in [0.2, 0.25) is 0 Å². The summed E-state index contributed by atoms with van der Waals surface area (Å²) in [6, 6.07) is 5.97. The third kappa shape index (κ3) is 7.27. The number of aliphatic imine (C=N–C) groups is 1. The molecule has 1 aromatic carbocycles. The Morgan fingerprint density at radius 3 is 2.55 bits per heavy atom. The summed E-state index contributed by atoms with van der Waals surface area (Å²) in [4.78, 5) is 9.25. The van der Waals surface area contributed by atoms with E-state index in [0.29, 0.717) is 0 Å². The van der Waals surface area contributed by atoms with Crippen molar-refractivity contribution in [3.63, 3.8) is 0 Å². The first-order chi connectivity index (χ1) is 14.6. The first kappa shape index (κ1) is 25.3. The summed E-state index contributed by atoms with van der Waals surface area (Å²) >= 11 is 0. The summed E-state index contributed by atoms with van der Waals surface area (Å²) in [7, 11) is 5.26. The van der Waals surface area contributed by atoms with Crippen LogP contribution in [0, 0.1) is 6.92 Å². The van der Waals surface area contributed by atoms with Crippen molar-refractivity contribution in [2.45, 2.75) is 26.4 Å². The smallest absolute Gasteiger partial charge is 0.193 e. The highest BCUT2D eigenvalue weighted by molar-refractivity contribution is 14.0. The van der Waals surface area contributed by atoms with Crippen LogP contribution in [0.2, 0.25) is 0 Å². The van der Waals surface area contributed by atoms with E-state index in [9.17, 15) is 0 Å². The molecule has 9 heteroatoms. The number of halogens is 1.